The number of hydrogen-bond acceptors (Lipinski definition) is 3. The van der Waals surface area contributed by atoms with E-state index >= 15 is 0 Å². The van der Waals surface area contributed by atoms with E-state index in [0.29, 0.717) is 0 Å². The van der Waals surface area contributed by atoms with Crippen LogP contribution in [-0.2, 0) is 0 Å². The molecule has 2 aromatic carbocycles. The summed E-state index contributed by atoms with van der Waals surface area (Å²) in [4.78, 5) is 23.6. The maximum absolute atomic E-state index is 12.5. The van der Waals surface area contributed by atoms with E-state index in [9.17, 15) is 22.8 Å². The van der Waals surface area contributed by atoms with Gasteiger partial charge in [-0.1, -0.05) is 36.4 Å². The van der Waals surface area contributed by atoms with Crippen molar-refractivity contribution in [3.63, 3.8) is 0 Å². The second-order valence-corrected chi connectivity index (χ2v) is 4.29. The molecule has 0 atom stereocenters. The lowest BCUT2D eigenvalue weighted by molar-refractivity contribution is -0.274. The summed E-state index contributed by atoms with van der Waals surface area (Å²) in [5.41, 5.74) is 4.30. The van der Waals surface area contributed by atoms with E-state index < -0.39 is 29.4 Å². The molecule has 0 aliphatic carbocycles. The fraction of sp³-hybridized carbons (Fsp3) is 0.0667. The first-order valence-corrected chi connectivity index (χ1v) is 6.08. The highest BCUT2D eigenvalue weighted by Gasteiger charge is 2.35. The summed E-state index contributed by atoms with van der Waals surface area (Å²) in [5, 5.41) is 0. The lowest BCUT2D eigenvalue weighted by atomic mass is 9.99. The molecule has 0 aliphatic heterocycles. The van der Waals surface area contributed by atoms with E-state index in [-0.39, 0.29) is 11.1 Å². The highest BCUT2D eigenvalue weighted by atomic mass is 19.4. The van der Waals surface area contributed by atoms with E-state index in [2.05, 4.69) is 4.74 Å². The zero-order valence-electron chi connectivity index (χ0n) is 11.1. The summed E-state index contributed by atoms with van der Waals surface area (Å²) in [6, 6.07) is 11.1. The second kappa shape index (κ2) is 5.88. The van der Waals surface area contributed by atoms with Gasteiger partial charge in [0, 0.05) is 5.56 Å². The van der Waals surface area contributed by atoms with Crippen LogP contribution in [0.1, 0.15) is 26.3 Å². The van der Waals surface area contributed by atoms with Crippen molar-refractivity contribution in [3.8, 4) is 5.75 Å². The topological polar surface area (TPSA) is 69.4 Å². The Hall–Kier alpha value is -2.83. The second-order valence-electron chi connectivity index (χ2n) is 4.29. The number of hydrogen-bond donors (Lipinski definition) is 1. The third-order valence-corrected chi connectivity index (χ3v) is 2.78. The number of primary amides is 1. The summed E-state index contributed by atoms with van der Waals surface area (Å²) in [6.45, 7) is 0. The lowest BCUT2D eigenvalue weighted by Crippen LogP contribution is -2.23. The number of amides is 1. The molecule has 7 heteroatoms. The molecule has 4 nitrogen and oxygen atoms in total. The Kier molecular flexibility index (Phi) is 4.16. The van der Waals surface area contributed by atoms with Gasteiger partial charge < -0.3 is 10.5 Å². The third-order valence-electron chi connectivity index (χ3n) is 2.78. The van der Waals surface area contributed by atoms with E-state index in [1.165, 1.54) is 18.2 Å². The third kappa shape index (κ3) is 3.43. The van der Waals surface area contributed by atoms with Crippen molar-refractivity contribution in [2.45, 2.75) is 6.36 Å². The van der Waals surface area contributed by atoms with Crippen LogP contribution in [0.3, 0.4) is 0 Å². The number of benzene rings is 2. The highest BCUT2D eigenvalue weighted by Crippen LogP contribution is 2.31. The zero-order valence-corrected chi connectivity index (χ0v) is 11.1. The molecule has 0 spiro atoms. The Bertz CT molecular complexity index is 712. The minimum atomic E-state index is -5.06. The van der Waals surface area contributed by atoms with Crippen LogP contribution in [0.5, 0.6) is 5.75 Å². The maximum atomic E-state index is 12.5. The van der Waals surface area contributed by atoms with Crippen molar-refractivity contribution in [1.82, 2.24) is 0 Å². The van der Waals surface area contributed by atoms with Crippen molar-refractivity contribution in [2.75, 3.05) is 0 Å². The fourth-order valence-electron chi connectivity index (χ4n) is 1.88. The zero-order chi connectivity index (χ0) is 16.3. The molecular formula is C15H10F3NO3. The molecule has 0 fully saturated rings. The van der Waals surface area contributed by atoms with Gasteiger partial charge in [0.05, 0.1) is 11.1 Å². The molecule has 0 saturated carbocycles. The standard InChI is InChI=1S/C15H10F3NO3/c16-15(17,18)22-13-10(7-4-8-11(13)14(19)21)12(20)9-5-2-1-3-6-9/h1-8H,(H2,19,21). The smallest absolute Gasteiger partial charge is 0.404 e. The Morgan fingerprint density at radius 1 is 0.909 bits per heavy atom. The van der Waals surface area contributed by atoms with Gasteiger partial charge in [-0.15, -0.1) is 13.2 Å². The molecule has 0 saturated heterocycles. The number of ketones is 1. The first kappa shape index (κ1) is 15.6. The highest BCUT2D eigenvalue weighted by molar-refractivity contribution is 6.12. The van der Waals surface area contributed by atoms with Crippen LogP contribution in [0, 0.1) is 0 Å². The van der Waals surface area contributed by atoms with Crippen molar-refractivity contribution in [2.24, 2.45) is 5.73 Å². The predicted octanol–water partition coefficient (Wildman–Crippen LogP) is 2.92. The number of halogens is 3. The van der Waals surface area contributed by atoms with Crippen LogP contribution < -0.4 is 10.5 Å². The number of rotatable bonds is 4. The van der Waals surface area contributed by atoms with Gasteiger partial charge in [0.2, 0.25) is 0 Å². The Morgan fingerprint density at radius 3 is 2.05 bits per heavy atom. The molecule has 0 bridgehead atoms. The van der Waals surface area contributed by atoms with Gasteiger partial charge in [0.1, 0.15) is 0 Å². The van der Waals surface area contributed by atoms with Crippen LogP contribution in [-0.4, -0.2) is 18.1 Å². The van der Waals surface area contributed by atoms with Gasteiger partial charge in [-0.2, -0.15) is 0 Å². The molecule has 2 N–H and O–H groups in total. The van der Waals surface area contributed by atoms with E-state index in [1.54, 1.807) is 18.2 Å². The first-order valence-electron chi connectivity index (χ1n) is 6.08. The average Bonchev–Trinajstić information content (AvgIpc) is 2.46. The van der Waals surface area contributed by atoms with Crippen LogP contribution in [0.25, 0.3) is 0 Å². The van der Waals surface area contributed by atoms with Gasteiger partial charge in [-0.25, -0.2) is 0 Å². The maximum Gasteiger partial charge on any atom is 0.573 e. The largest absolute Gasteiger partial charge is 0.573 e. The van der Waals surface area contributed by atoms with Gasteiger partial charge in [0.25, 0.3) is 5.91 Å². The first-order chi connectivity index (χ1) is 10.3. The number of alkyl halides is 3. The van der Waals surface area contributed by atoms with Gasteiger partial charge in [-0.3, -0.25) is 9.59 Å². The van der Waals surface area contributed by atoms with Crippen molar-refractivity contribution < 1.29 is 27.5 Å². The van der Waals surface area contributed by atoms with Crippen molar-refractivity contribution >= 4 is 11.7 Å². The number of nitrogens with two attached hydrogens (primary N) is 1. The summed E-state index contributed by atoms with van der Waals surface area (Å²) < 4.78 is 41.5. The minimum Gasteiger partial charge on any atom is -0.404 e. The molecule has 114 valence electrons. The predicted molar refractivity (Wildman–Crippen MR) is 71.5 cm³/mol. The number of para-hydroxylation sites is 1. The summed E-state index contributed by atoms with van der Waals surface area (Å²) in [7, 11) is 0. The molecule has 1 amide bonds. The molecule has 0 aromatic heterocycles. The number of carbonyl (C=O) groups is 2. The summed E-state index contributed by atoms with van der Waals surface area (Å²) in [5.74, 6) is -2.72. The van der Waals surface area contributed by atoms with Crippen LogP contribution in [0.15, 0.2) is 48.5 Å². The fourth-order valence-corrected chi connectivity index (χ4v) is 1.88. The van der Waals surface area contributed by atoms with Crippen LogP contribution in [0.4, 0.5) is 13.2 Å². The Balaban J connectivity index is 2.58. The molecule has 0 heterocycles. The number of ether oxygens (including phenoxy) is 1. The van der Waals surface area contributed by atoms with Gasteiger partial charge in [-0.05, 0) is 12.1 Å². The van der Waals surface area contributed by atoms with Crippen LogP contribution in [0.2, 0.25) is 0 Å². The van der Waals surface area contributed by atoms with E-state index in [1.807, 2.05) is 0 Å². The average molecular weight is 309 g/mol. The molecule has 0 radical (unpaired) electrons. The monoisotopic (exact) mass is 309 g/mol. The Morgan fingerprint density at radius 2 is 1.50 bits per heavy atom. The van der Waals surface area contributed by atoms with E-state index in [4.69, 9.17) is 5.73 Å². The SMILES string of the molecule is NC(=O)c1cccc(C(=O)c2ccccc2)c1OC(F)(F)F. The molecule has 0 aliphatic rings. The molecule has 0 unspecified atom stereocenters. The Labute approximate surface area is 123 Å². The van der Waals surface area contributed by atoms with Crippen LogP contribution >= 0.6 is 0 Å². The molecule has 2 aromatic rings. The summed E-state index contributed by atoms with van der Waals surface area (Å²) >= 11 is 0. The van der Waals surface area contributed by atoms with Crippen molar-refractivity contribution in [3.05, 3.63) is 65.2 Å². The molecule has 2 rings (SSSR count). The minimum absolute atomic E-state index is 0.163. The van der Waals surface area contributed by atoms with Gasteiger partial charge >= 0.3 is 6.36 Å². The molecular weight excluding hydrogens is 299 g/mol. The van der Waals surface area contributed by atoms with E-state index in [0.717, 1.165) is 12.1 Å². The van der Waals surface area contributed by atoms with Crippen molar-refractivity contribution in [1.29, 1.82) is 0 Å². The van der Waals surface area contributed by atoms with Gasteiger partial charge in [0.15, 0.2) is 11.5 Å². The summed E-state index contributed by atoms with van der Waals surface area (Å²) in [6.07, 6.45) is -5.06. The molecule has 22 heavy (non-hydrogen) atoms. The number of carbonyl (C=O) groups excluding carboxylic acids is 2. The normalized spacial score (nSPS) is 11.0. The quantitative estimate of drug-likeness (QED) is 0.883. The lowest BCUT2D eigenvalue weighted by Gasteiger charge is -2.15.